The number of methoxy groups -OCH3 is 1. The van der Waals surface area contributed by atoms with Crippen LogP contribution in [0.1, 0.15) is 10.4 Å². The highest BCUT2D eigenvalue weighted by atomic mass is 79.9. The van der Waals surface area contributed by atoms with Gasteiger partial charge in [0.2, 0.25) is 0 Å². The van der Waals surface area contributed by atoms with Gasteiger partial charge in [0.1, 0.15) is 0 Å². The van der Waals surface area contributed by atoms with E-state index in [1.807, 2.05) is 0 Å². The first-order valence-electron chi connectivity index (χ1n) is 4.39. The molecule has 0 aliphatic rings. The fourth-order valence-electron chi connectivity index (χ4n) is 1.08. The van der Waals surface area contributed by atoms with Crippen molar-refractivity contribution in [2.45, 2.75) is 6.04 Å². The molecule has 16 heavy (non-hydrogen) atoms. The van der Waals surface area contributed by atoms with Gasteiger partial charge in [-0.05, 0) is 37.9 Å². The zero-order valence-corrected chi connectivity index (χ0v) is 13.2. The van der Waals surface area contributed by atoms with Crippen molar-refractivity contribution in [3.63, 3.8) is 0 Å². The highest BCUT2D eigenvalue weighted by molar-refractivity contribution is 9.12. The van der Waals surface area contributed by atoms with Crippen molar-refractivity contribution in [3.05, 3.63) is 19.2 Å². The van der Waals surface area contributed by atoms with Gasteiger partial charge in [-0.25, -0.2) is 0 Å². The summed E-state index contributed by atoms with van der Waals surface area (Å²) in [5.41, 5.74) is 0.600. The Balaban J connectivity index is 2.67. The summed E-state index contributed by atoms with van der Waals surface area (Å²) in [4.78, 5) is 11.9. The Morgan fingerprint density at radius 2 is 2.38 bits per heavy atom. The van der Waals surface area contributed by atoms with Crippen molar-refractivity contribution in [2.24, 2.45) is 0 Å². The predicted octanol–water partition coefficient (Wildman–Crippen LogP) is 3.26. The Labute approximate surface area is 120 Å². The van der Waals surface area contributed by atoms with Gasteiger partial charge in [-0.2, -0.15) is 0 Å². The lowest BCUT2D eigenvalue weighted by atomic mass is 10.3. The molecule has 90 valence electrons. The van der Waals surface area contributed by atoms with Crippen molar-refractivity contribution in [3.8, 4) is 0 Å². The first-order chi connectivity index (χ1) is 7.58. The first-order valence-corrected chi connectivity index (χ1v) is 7.32. The summed E-state index contributed by atoms with van der Waals surface area (Å²) in [6.07, 6.45) is 0. The highest BCUT2D eigenvalue weighted by Gasteiger charge is 2.17. The second kappa shape index (κ2) is 6.96. The second-order valence-electron chi connectivity index (χ2n) is 3.02. The number of hydrogen-bond acceptors (Lipinski definition) is 3. The molecule has 0 aliphatic carbocycles. The Kier molecular flexibility index (Phi) is 6.28. The van der Waals surface area contributed by atoms with Crippen LogP contribution in [0.3, 0.4) is 0 Å². The number of thiophene rings is 1. The number of carbonyl (C=O) groups is 1. The first kappa shape index (κ1) is 14.4. The maximum absolute atomic E-state index is 11.9. The maximum Gasteiger partial charge on any atom is 0.253 e. The van der Waals surface area contributed by atoms with Crippen molar-refractivity contribution < 1.29 is 9.53 Å². The zero-order valence-electron chi connectivity index (χ0n) is 8.43. The molecule has 0 radical (unpaired) electrons. The Bertz CT molecular complexity index is 372. The summed E-state index contributed by atoms with van der Waals surface area (Å²) in [6, 6.07) is 1.59. The van der Waals surface area contributed by atoms with Crippen LogP contribution in [0.2, 0.25) is 0 Å². The predicted molar refractivity (Wildman–Crippen MR) is 73.6 cm³/mol. The molecule has 0 spiro atoms. The lowest BCUT2D eigenvalue weighted by Gasteiger charge is -2.14. The minimum atomic E-state index is -0.176. The number of halogens is 3. The fraction of sp³-hybridized carbons (Fsp3) is 0.444. The van der Waals surface area contributed by atoms with Crippen LogP contribution in [0.15, 0.2) is 13.6 Å². The van der Waals surface area contributed by atoms with E-state index in [0.29, 0.717) is 18.1 Å². The Morgan fingerprint density at radius 3 is 2.81 bits per heavy atom. The number of nitrogens with one attached hydrogen (secondary N) is 1. The molecule has 0 aliphatic heterocycles. The van der Waals surface area contributed by atoms with E-state index in [1.54, 1.807) is 13.2 Å². The van der Waals surface area contributed by atoms with Crippen LogP contribution in [0.25, 0.3) is 0 Å². The molecule has 1 aromatic rings. The number of amides is 1. The van der Waals surface area contributed by atoms with Gasteiger partial charge in [-0.15, -0.1) is 22.9 Å². The van der Waals surface area contributed by atoms with Crippen LogP contribution >= 0.6 is 54.8 Å². The van der Waals surface area contributed by atoms with Crippen LogP contribution in [0.5, 0.6) is 0 Å². The SMILES string of the molecule is COCC(CCl)NC(=O)c1cc(Br)sc1Br. The molecule has 1 aromatic heterocycles. The van der Waals surface area contributed by atoms with Crippen LogP contribution in [-0.2, 0) is 4.74 Å². The van der Waals surface area contributed by atoms with E-state index in [2.05, 4.69) is 37.2 Å². The normalized spacial score (nSPS) is 12.5. The highest BCUT2D eigenvalue weighted by Crippen LogP contribution is 2.31. The lowest BCUT2D eigenvalue weighted by molar-refractivity contribution is 0.0906. The minimum Gasteiger partial charge on any atom is -0.383 e. The van der Waals surface area contributed by atoms with Crippen LogP contribution in [0, 0.1) is 0 Å². The summed E-state index contributed by atoms with van der Waals surface area (Å²) < 4.78 is 6.65. The number of carbonyl (C=O) groups excluding carboxylic acids is 1. The van der Waals surface area contributed by atoms with Crippen molar-refractivity contribution in [1.29, 1.82) is 0 Å². The van der Waals surface area contributed by atoms with Crippen molar-refractivity contribution in [1.82, 2.24) is 5.32 Å². The molecule has 1 amide bonds. The Hall–Kier alpha value is 0.380. The molecule has 1 N–H and O–H groups in total. The summed E-state index contributed by atoms with van der Waals surface area (Å²) in [5, 5.41) is 2.80. The van der Waals surface area contributed by atoms with E-state index in [0.717, 1.165) is 7.57 Å². The van der Waals surface area contributed by atoms with Crippen LogP contribution in [0.4, 0.5) is 0 Å². The van der Waals surface area contributed by atoms with E-state index in [-0.39, 0.29) is 11.9 Å². The van der Waals surface area contributed by atoms with Gasteiger partial charge in [0, 0.05) is 13.0 Å². The van der Waals surface area contributed by atoms with Gasteiger partial charge in [0.25, 0.3) is 5.91 Å². The molecule has 0 aromatic carbocycles. The third-order valence-corrected chi connectivity index (χ3v) is 4.50. The average Bonchev–Trinajstić information content (AvgIpc) is 2.57. The van der Waals surface area contributed by atoms with Gasteiger partial charge < -0.3 is 10.1 Å². The molecule has 0 fully saturated rings. The molecule has 0 saturated heterocycles. The van der Waals surface area contributed by atoms with E-state index in [4.69, 9.17) is 16.3 Å². The van der Waals surface area contributed by atoms with Crippen molar-refractivity contribution >= 4 is 60.7 Å². The van der Waals surface area contributed by atoms with Gasteiger partial charge >= 0.3 is 0 Å². The van der Waals surface area contributed by atoms with Gasteiger partial charge in [-0.3, -0.25) is 4.79 Å². The molecular formula is C9H10Br2ClNO2S. The van der Waals surface area contributed by atoms with Gasteiger partial charge in [0.05, 0.1) is 25.8 Å². The second-order valence-corrected chi connectivity index (χ2v) is 7.08. The quantitative estimate of drug-likeness (QED) is 0.783. The largest absolute Gasteiger partial charge is 0.383 e. The van der Waals surface area contributed by atoms with E-state index < -0.39 is 0 Å². The minimum absolute atomic E-state index is 0.156. The fourth-order valence-corrected chi connectivity index (χ4v) is 4.04. The van der Waals surface area contributed by atoms with Crippen LogP contribution < -0.4 is 5.32 Å². The third-order valence-electron chi connectivity index (χ3n) is 1.79. The number of hydrogen-bond donors (Lipinski definition) is 1. The number of rotatable bonds is 5. The molecule has 1 atom stereocenters. The summed E-state index contributed by atoms with van der Waals surface area (Å²) >= 11 is 13.8. The topological polar surface area (TPSA) is 38.3 Å². The molecule has 0 saturated carbocycles. The number of ether oxygens (including phenoxy) is 1. The van der Waals surface area contributed by atoms with Gasteiger partial charge in [-0.1, -0.05) is 0 Å². The maximum atomic E-state index is 11.9. The third kappa shape index (κ3) is 4.00. The summed E-state index contributed by atoms with van der Waals surface area (Å²) in [6.45, 7) is 0.401. The molecule has 7 heteroatoms. The lowest BCUT2D eigenvalue weighted by Crippen LogP contribution is -2.39. The van der Waals surface area contributed by atoms with E-state index >= 15 is 0 Å². The summed E-state index contributed by atoms with van der Waals surface area (Å²) in [7, 11) is 1.57. The zero-order chi connectivity index (χ0) is 12.1. The molecule has 1 rings (SSSR count). The molecule has 0 bridgehead atoms. The van der Waals surface area contributed by atoms with E-state index in [9.17, 15) is 4.79 Å². The molecule has 3 nitrogen and oxygen atoms in total. The Morgan fingerprint density at radius 1 is 1.69 bits per heavy atom. The monoisotopic (exact) mass is 389 g/mol. The smallest absolute Gasteiger partial charge is 0.253 e. The molecular weight excluding hydrogens is 381 g/mol. The average molecular weight is 392 g/mol. The number of alkyl halides is 1. The van der Waals surface area contributed by atoms with Gasteiger partial charge in [0.15, 0.2) is 0 Å². The molecule has 1 unspecified atom stereocenters. The van der Waals surface area contributed by atoms with Crippen LogP contribution in [-0.4, -0.2) is 31.5 Å². The van der Waals surface area contributed by atoms with E-state index in [1.165, 1.54) is 11.3 Å². The molecule has 1 heterocycles. The van der Waals surface area contributed by atoms with Crippen molar-refractivity contribution in [2.75, 3.05) is 19.6 Å². The standard InChI is InChI=1S/C9H10Br2ClNO2S/c1-15-4-5(3-12)13-9(14)6-2-7(10)16-8(6)11/h2,5H,3-4H2,1H3,(H,13,14). The summed E-state index contributed by atoms with van der Waals surface area (Å²) in [5.74, 6) is 0.166.